The molecular formula is C41H40Cl3NO16. The fourth-order valence-corrected chi connectivity index (χ4v) is 6.38. The first-order valence-electron chi connectivity index (χ1n) is 18.5. The highest BCUT2D eigenvalue weighted by Crippen LogP contribution is 2.37. The van der Waals surface area contributed by atoms with E-state index in [4.69, 9.17) is 87.6 Å². The topological polar surface area (TPSA) is 219 Å². The van der Waals surface area contributed by atoms with E-state index in [9.17, 15) is 28.8 Å². The number of alkyl halides is 3. The van der Waals surface area contributed by atoms with Crippen molar-refractivity contribution in [3.63, 3.8) is 0 Å². The van der Waals surface area contributed by atoms with Gasteiger partial charge in [-0.15, -0.1) is 0 Å². The van der Waals surface area contributed by atoms with E-state index in [2.05, 4.69) is 0 Å². The van der Waals surface area contributed by atoms with E-state index in [1.165, 1.54) is 43.3 Å². The summed E-state index contributed by atoms with van der Waals surface area (Å²) in [6.07, 6.45) is -16.8. The van der Waals surface area contributed by atoms with Gasteiger partial charge in [-0.3, -0.25) is 19.8 Å². The summed E-state index contributed by atoms with van der Waals surface area (Å²) < 4.78 is 56.2. The lowest BCUT2D eigenvalue weighted by Gasteiger charge is -2.48. The molecule has 0 radical (unpaired) electrons. The Morgan fingerprint density at radius 1 is 0.541 bits per heavy atom. The van der Waals surface area contributed by atoms with Crippen LogP contribution in [0.15, 0.2) is 91.0 Å². The zero-order chi connectivity index (χ0) is 44.4. The number of carbonyl (C=O) groups is 6. The second-order valence-corrected chi connectivity index (χ2v) is 15.7. The van der Waals surface area contributed by atoms with Crippen molar-refractivity contribution in [2.75, 3.05) is 6.61 Å². The largest absolute Gasteiger partial charge is 0.463 e. The molecule has 20 heteroatoms. The number of ether oxygens (including phenoxy) is 10. The van der Waals surface area contributed by atoms with Crippen LogP contribution >= 0.6 is 34.8 Å². The maximum Gasteiger partial charge on any atom is 0.338 e. The molecule has 0 unspecified atom stereocenters. The van der Waals surface area contributed by atoms with E-state index in [0.717, 1.165) is 20.8 Å². The molecule has 2 fully saturated rings. The van der Waals surface area contributed by atoms with E-state index in [1.807, 2.05) is 0 Å². The van der Waals surface area contributed by atoms with Crippen molar-refractivity contribution in [2.45, 2.75) is 92.9 Å². The highest BCUT2D eigenvalue weighted by Gasteiger charge is 2.58. The van der Waals surface area contributed by atoms with Crippen LogP contribution in [-0.4, -0.2) is 114 Å². The molecule has 2 aliphatic heterocycles. The number of benzene rings is 3. The lowest BCUT2D eigenvalue weighted by Crippen LogP contribution is -2.67. The summed E-state index contributed by atoms with van der Waals surface area (Å²) >= 11 is 17.9. The first-order chi connectivity index (χ1) is 28.9. The third kappa shape index (κ3) is 12.6. The molecule has 5 rings (SSSR count). The maximum absolute atomic E-state index is 13.9. The Kier molecular flexibility index (Phi) is 16.1. The molecule has 17 nitrogen and oxygen atoms in total. The average Bonchev–Trinajstić information content (AvgIpc) is 3.21. The molecule has 3 aromatic rings. The van der Waals surface area contributed by atoms with Crippen LogP contribution in [0.3, 0.4) is 0 Å². The van der Waals surface area contributed by atoms with Crippen molar-refractivity contribution in [3.05, 3.63) is 108 Å². The fourth-order valence-electron chi connectivity index (χ4n) is 6.25. The van der Waals surface area contributed by atoms with Crippen LogP contribution in [0.5, 0.6) is 0 Å². The fraction of sp³-hybridized carbons (Fsp3) is 0.390. The van der Waals surface area contributed by atoms with Crippen LogP contribution in [0.4, 0.5) is 0 Å². The quantitative estimate of drug-likeness (QED) is 0.0756. The summed E-state index contributed by atoms with van der Waals surface area (Å²) in [5, 5.41) is 8.37. The van der Waals surface area contributed by atoms with E-state index in [1.54, 1.807) is 54.6 Å². The Labute approximate surface area is 364 Å². The minimum absolute atomic E-state index is 0.0326. The number of hydrogen-bond donors (Lipinski definition) is 1. The van der Waals surface area contributed by atoms with Gasteiger partial charge in [-0.25, -0.2) is 14.4 Å². The van der Waals surface area contributed by atoms with Gasteiger partial charge in [0.2, 0.25) is 12.2 Å². The lowest BCUT2D eigenvalue weighted by molar-refractivity contribution is -0.355. The summed E-state index contributed by atoms with van der Waals surface area (Å²) in [6.45, 7) is 3.99. The molecule has 1 N–H and O–H groups in total. The Hall–Kier alpha value is -5.30. The Morgan fingerprint density at radius 2 is 0.967 bits per heavy atom. The highest BCUT2D eigenvalue weighted by molar-refractivity contribution is 6.76. The van der Waals surface area contributed by atoms with Crippen molar-refractivity contribution < 1.29 is 76.1 Å². The molecule has 326 valence electrons. The van der Waals surface area contributed by atoms with Gasteiger partial charge in [0.15, 0.2) is 42.9 Å². The first kappa shape index (κ1) is 46.8. The van der Waals surface area contributed by atoms with Gasteiger partial charge in [0.05, 0.1) is 22.8 Å². The van der Waals surface area contributed by atoms with Gasteiger partial charge < -0.3 is 47.4 Å². The van der Waals surface area contributed by atoms with Crippen molar-refractivity contribution >= 4 is 76.5 Å². The summed E-state index contributed by atoms with van der Waals surface area (Å²) in [4.78, 5) is 78.4. The van der Waals surface area contributed by atoms with Gasteiger partial charge in [0, 0.05) is 20.8 Å². The second-order valence-electron chi connectivity index (χ2n) is 13.5. The van der Waals surface area contributed by atoms with Gasteiger partial charge in [-0.2, -0.15) is 0 Å². The molecule has 0 spiro atoms. The van der Waals surface area contributed by atoms with Gasteiger partial charge in [-0.05, 0) is 43.3 Å². The Balaban J connectivity index is 1.64. The summed E-state index contributed by atoms with van der Waals surface area (Å²) in [5.74, 6) is -6.42. The second kappa shape index (κ2) is 21.0. The molecule has 0 aromatic heterocycles. The van der Waals surface area contributed by atoms with Crippen LogP contribution in [-0.2, 0) is 61.8 Å². The Bertz CT molecular complexity index is 2040. The molecular weight excluding hydrogens is 869 g/mol. The van der Waals surface area contributed by atoms with Crippen LogP contribution < -0.4 is 0 Å². The van der Waals surface area contributed by atoms with Gasteiger partial charge in [0.1, 0.15) is 12.7 Å². The molecule has 0 amide bonds. The predicted molar refractivity (Wildman–Crippen MR) is 212 cm³/mol. The average molecular weight is 909 g/mol. The molecule has 2 aliphatic rings. The Morgan fingerprint density at radius 3 is 1.41 bits per heavy atom. The van der Waals surface area contributed by atoms with E-state index in [-0.39, 0.29) is 16.7 Å². The third-order valence-electron chi connectivity index (χ3n) is 8.91. The molecule has 61 heavy (non-hydrogen) atoms. The molecule has 3 aromatic carbocycles. The maximum atomic E-state index is 13.9. The number of carbonyl (C=O) groups excluding carboxylic acids is 6. The number of hydrogen-bond acceptors (Lipinski definition) is 17. The van der Waals surface area contributed by atoms with Gasteiger partial charge in [-0.1, -0.05) is 89.4 Å². The molecule has 10 atom stereocenters. The number of esters is 6. The van der Waals surface area contributed by atoms with Crippen LogP contribution in [0.25, 0.3) is 0 Å². The predicted octanol–water partition coefficient (Wildman–Crippen LogP) is 5.31. The van der Waals surface area contributed by atoms with E-state index < -0.39 is 114 Å². The molecule has 2 heterocycles. The van der Waals surface area contributed by atoms with Crippen molar-refractivity contribution in [2.24, 2.45) is 0 Å². The molecule has 2 saturated heterocycles. The van der Waals surface area contributed by atoms with Crippen LogP contribution in [0.1, 0.15) is 58.8 Å². The first-order valence-corrected chi connectivity index (χ1v) is 19.6. The number of rotatable bonds is 13. The molecule has 0 saturated carbocycles. The highest BCUT2D eigenvalue weighted by atomic mass is 35.6. The SMILES string of the molecule is CC(=O)OC[C@H]1O[C@@H](OC(=N)C(Cl)(Cl)Cl)[C@H](O[C@H]2O[C@H](C)[C@H](OC(=O)c3ccccc3)[C@H](OC(=O)c3ccccc3)[C@H]2OC(=O)c2ccccc2)[C@@H](OC(C)=O)[C@H]1OC(C)=O. The summed E-state index contributed by atoms with van der Waals surface area (Å²) in [6, 6.07) is 23.3. The van der Waals surface area contributed by atoms with Crippen molar-refractivity contribution in [1.82, 2.24) is 0 Å². The lowest BCUT2D eigenvalue weighted by atomic mass is 9.96. The van der Waals surface area contributed by atoms with Crippen LogP contribution in [0, 0.1) is 5.41 Å². The standard InChI is InChI=1S/C41H40Cl3NO16/c1-21-29(57-35(49)25-14-8-5-9-15-25)31(58-36(50)26-16-10-6-11-17-26)33(59-37(51)27-18-12-7-13-19-27)38(53-21)60-34-32(55-24(4)48)30(54-23(3)47)28(20-52-22(2)46)56-39(34)61-40(45)41(42,43)44/h5-19,21,28-34,38-39,45H,20H2,1-4H3/t21-,28-,29+,30+,31+,32+,33-,34-,38-,39+/m1/s1. The van der Waals surface area contributed by atoms with Gasteiger partial charge >= 0.3 is 35.8 Å². The number of halogens is 3. The van der Waals surface area contributed by atoms with Gasteiger partial charge in [0.25, 0.3) is 3.79 Å². The van der Waals surface area contributed by atoms with E-state index >= 15 is 0 Å². The monoisotopic (exact) mass is 907 g/mol. The minimum Gasteiger partial charge on any atom is -0.463 e. The van der Waals surface area contributed by atoms with E-state index in [0.29, 0.717) is 0 Å². The van der Waals surface area contributed by atoms with Crippen molar-refractivity contribution in [3.8, 4) is 0 Å². The normalized spacial score (nSPS) is 26.1. The third-order valence-corrected chi connectivity index (χ3v) is 9.43. The number of nitrogens with one attached hydrogen (secondary N) is 1. The zero-order valence-corrected chi connectivity index (χ0v) is 35.1. The minimum atomic E-state index is -2.50. The zero-order valence-electron chi connectivity index (χ0n) is 32.8. The summed E-state index contributed by atoms with van der Waals surface area (Å²) in [5.41, 5.74) is 0.224. The van der Waals surface area contributed by atoms with Crippen LogP contribution in [0.2, 0.25) is 0 Å². The molecule has 0 aliphatic carbocycles. The van der Waals surface area contributed by atoms with Crippen molar-refractivity contribution in [1.29, 1.82) is 5.41 Å². The molecule has 0 bridgehead atoms. The summed E-state index contributed by atoms with van der Waals surface area (Å²) in [7, 11) is 0. The smallest absolute Gasteiger partial charge is 0.338 e.